The lowest BCUT2D eigenvalue weighted by atomic mass is 9.84. The Labute approximate surface area is 283 Å². The highest BCUT2D eigenvalue weighted by atomic mass is 14.2. The van der Waals surface area contributed by atoms with Gasteiger partial charge in [-0.15, -0.1) is 0 Å². The van der Waals surface area contributed by atoms with Crippen LogP contribution >= 0.6 is 0 Å². The minimum absolute atomic E-state index is 0.994. The summed E-state index contributed by atoms with van der Waals surface area (Å²) in [5.74, 6) is 0. The molecule has 230 valence electrons. The summed E-state index contributed by atoms with van der Waals surface area (Å²) in [6, 6.07) is 59.1. The topological polar surface area (TPSA) is 0 Å². The molecule has 0 radical (unpaired) electrons. The van der Waals surface area contributed by atoms with Crippen molar-refractivity contribution in [2.45, 2.75) is 13.8 Å². The quantitative estimate of drug-likeness (QED) is 0.169. The summed E-state index contributed by atoms with van der Waals surface area (Å²) in [6.07, 6.45) is 1.95. The van der Waals surface area contributed by atoms with Crippen LogP contribution in [-0.4, -0.2) is 0 Å². The van der Waals surface area contributed by atoms with Crippen molar-refractivity contribution >= 4 is 44.5 Å². The van der Waals surface area contributed by atoms with Crippen LogP contribution in [0.2, 0.25) is 0 Å². The van der Waals surface area contributed by atoms with Crippen molar-refractivity contribution in [3.8, 4) is 33.4 Å². The van der Waals surface area contributed by atoms with Crippen LogP contribution in [0.4, 0.5) is 0 Å². The molecule has 0 heteroatoms. The van der Waals surface area contributed by atoms with Gasteiger partial charge in [-0.05, 0) is 99.4 Å². The highest BCUT2D eigenvalue weighted by Gasteiger charge is 2.17. The lowest BCUT2D eigenvalue weighted by Crippen LogP contribution is -2.24. The standard InChI is InChI=1S/C46H32.C2H6/c1-3-37(38-22-6-4-15-31(38)2)33-18-12-20-35(29-33)45-41-24-8-10-26-43(41)46(44-27-11-9-25-42(44)45)36-21-13-19-34(30-36)40-28-14-17-32-16-5-7-23-39(32)40;1-2/h3-30H,1-2H2;1-2H3/b38-37+;. The van der Waals surface area contributed by atoms with E-state index in [2.05, 4.69) is 171 Å². The fraction of sp³-hybridized carbons (Fsp3) is 0.0417. The van der Waals surface area contributed by atoms with Crippen LogP contribution in [-0.2, 0) is 0 Å². The summed E-state index contributed by atoms with van der Waals surface area (Å²) >= 11 is 0. The van der Waals surface area contributed by atoms with Crippen LogP contribution in [0.5, 0.6) is 0 Å². The van der Waals surface area contributed by atoms with E-state index < -0.39 is 0 Å². The first-order chi connectivity index (χ1) is 23.7. The molecule has 0 unspecified atom stereocenters. The highest BCUT2D eigenvalue weighted by molar-refractivity contribution is 6.21. The molecule has 0 aliphatic carbocycles. The van der Waals surface area contributed by atoms with E-state index in [4.69, 9.17) is 0 Å². The Bertz CT molecular complexity index is 2500. The number of hydrogen-bond acceptors (Lipinski definition) is 0. The largest absolute Gasteiger partial charge is 0.0984 e. The smallest absolute Gasteiger partial charge is 0.00262 e. The van der Waals surface area contributed by atoms with Crippen molar-refractivity contribution in [3.05, 3.63) is 192 Å². The van der Waals surface area contributed by atoms with Gasteiger partial charge in [0, 0.05) is 0 Å². The summed E-state index contributed by atoms with van der Waals surface area (Å²) in [5, 5.41) is 9.58. The minimum atomic E-state index is 0.994. The Morgan fingerprint density at radius 3 is 1.56 bits per heavy atom. The molecule has 0 nitrogen and oxygen atoms in total. The number of rotatable bonds is 5. The maximum Gasteiger partial charge on any atom is -0.00262 e. The molecular weight excluding hydrogens is 577 g/mol. The van der Waals surface area contributed by atoms with Gasteiger partial charge in [0.2, 0.25) is 0 Å². The number of allylic oxidation sites excluding steroid dienone is 1. The molecule has 0 spiro atoms. The van der Waals surface area contributed by atoms with E-state index in [1.165, 1.54) is 65.7 Å². The van der Waals surface area contributed by atoms with Crippen LogP contribution < -0.4 is 10.4 Å². The zero-order valence-electron chi connectivity index (χ0n) is 27.6. The lowest BCUT2D eigenvalue weighted by molar-refractivity contribution is 1.48. The zero-order chi connectivity index (χ0) is 33.0. The first-order valence-electron chi connectivity index (χ1n) is 16.7. The molecule has 0 fully saturated rings. The fourth-order valence-electron chi connectivity index (χ4n) is 7.08. The Hall–Kier alpha value is -5.98. The molecule has 8 aromatic rings. The van der Waals surface area contributed by atoms with Gasteiger partial charge in [-0.2, -0.15) is 0 Å². The SMILES string of the molecule is C=C/C(c1cccc(-c2c3ccccc3c(-c3cccc(-c4cccc5ccccc45)c3)c3ccccc23)c1)=c1/ccccc1=C.CC. The minimum Gasteiger partial charge on any atom is -0.0984 e. The van der Waals surface area contributed by atoms with Gasteiger partial charge in [0.15, 0.2) is 0 Å². The lowest BCUT2D eigenvalue weighted by Gasteiger charge is -2.19. The van der Waals surface area contributed by atoms with E-state index >= 15 is 0 Å². The number of fused-ring (bicyclic) bond motifs is 3. The van der Waals surface area contributed by atoms with Gasteiger partial charge in [-0.25, -0.2) is 0 Å². The number of hydrogen-bond donors (Lipinski definition) is 0. The fourth-order valence-corrected chi connectivity index (χ4v) is 7.08. The van der Waals surface area contributed by atoms with E-state index in [1.807, 2.05) is 26.0 Å². The maximum atomic E-state index is 4.29. The van der Waals surface area contributed by atoms with Gasteiger partial charge >= 0.3 is 0 Å². The first kappa shape index (κ1) is 30.7. The first-order valence-corrected chi connectivity index (χ1v) is 16.7. The van der Waals surface area contributed by atoms with E-state index in [0.29, 0.717) is 0 Å². The third-order valence-electron chi connectivity index (χ3n) is 9.16. The predicted molar refractivity (Wildman–Crippen MR) is 211 cm³/mol. The Balaban J connectivity index is 0.00000179. The molecule has 0 saturated carbocycles. The summed E-state index contributed by atoms with van der Waals surface area (Å²) in [6.45, 7) is 12.5. The predicted octanol–water partition coefficient (Wildman–Crippen LogP) is 12.0. The molecule has 8 rings (SSSR count). The molecule has 0 N–H and O–H groups in total. The normalized spacial score (nSPS) is 11.6. The van der Waals surface area contributed by atoms with E-state index in [0.717, 1.165) is 21.6 Å². The molecule has 48 heavy (non-hydrogen) atoms. The van der Waals surface area contributed by atoms with Crippen LogP contribution in [0.25, 0.3) is 77.9 Å². The third-order valence-corrected chi connectivity index (χ3v) is 9.16. The van der Waals surface area contributed by atoms with Crippen molar-refractivity contribution in [1.82, 2.24) is 0 Å². The summed E-state index contributed by atoms with van der Waals surface area (Å²) in [7, 11) is 0. The van der Waals surface area contributed by atoms with E-state index in [1.54, 1.807) is 0 Å². The van der Waals surface area contributed by atoms with Crippen LogP contribution in [0.15, 0.2) is 176 Å². The molecule has 0 heterocycles. The second kappa shape index (κ2) is 13.4. The van der Waals surface area contributed by atoms with Crippen molar-refractivity contribution < 1.29 is 0 Å². The molecule has 0 amide bonds. The van der Waals surface area contributed by atoms with Gasteiger partial charge in [-0.1, -0.05) is 185 Å². The molecule has 0 aromatic heterocycles. The Kier molecular flexibility index (Phi) is 8.56. The average molecular weight is 615 g/mol. The summed E-state index contributed by atoms with van der Waals surface area (Å²) in [4.78, 5) is 0. The molecule has 0 atom stereocenters. The summed E-state index contributed by atoms with van der Waals surface area (Å²) < 4.78 is 0. The molecule has 0 saturated heterocycles. The third kappa shape index (κ3) is 5.42. The maximum absolute atomic E-state index is 4.29. The van der Waals surface area contributed by atoms with Gasteiger partial charge < -0.3 is 0 Å². The van der Waals surface area contributed by atoms with E-state index in [-0.39, 0.29) is 0 Å². The molecule has 0 aliphatic rings. The molecule has 8 aromatic carbocycles. The highest BCUT2D eigenvalue weighted by Crippen LogP contribution is 2.44. The zero-order valence-corrected chi connectivity index (χ0v) is 27.6. The Morgan fingerprint density at radius 1 is 0.458 bits per heavy atom. The molecule has 0 bridgehead atoms. The van der Waals surface area contributed by atoms with Crippen LogP contribution in [0.3, 0.4) is 0 Å². The van der Waals surface area contributed by atoms with Gasteiger partial charge in [0.05, 0.1) is 0 Å². The number of benzene rings is 8. The second-order valence-corrected chi connectivity index (χ2v) is 11.8. The molecular formula is C48H38. The van der Waals surface area contributed by atoms with Gasteiger partial charge in [0.25, 0.3) is 0 Å². The van der Waals surface area contributed by atoms with Gasteiger partial charge in [0.1, 0.15) is 0 Å². The Morgan fingerprint density at radius 2 is 0.938 bits per heavy atom. The van der Waals surface area contributed by atoms with Crippen LogP contribution in [0, 0.1) is 0 Å². The molecule has 0 aliphatic heterocycles. The van der Waals surface area contributed by atoms with Crippen molar-refractivity contribution in [3.63, 3.8) is 0 Å². The van der Waals surface area contributed by atoms with Crippen LogP contribution in [0.1, 0.15) is 19.4 Å². The summed E-state index contributed by atoms with van der Waals surface area (Å²) in [5.41, 5.74) is 9.59. The van der Waals surface area contributed by atoms with E-state index in [9.17, 15) is 0 Å². The average Bonchev–Trinajstić information content (AvgIpc) is 3.15. The van der Waals surface area contributed by atoms with Crippen molar-refractivity contribution in [2.24, 2.45) is 0 Å². The monoisotopic (exact) mass is 614 g/mol. The van der Waals surface area contributed by atoms with Crippen molar-refractivity contribution in [2.75, 3.05) is 0 Å². The van der Waals surface area contributed by atoms with Gasteiger partial charge in [-0.3, -0.25) is 0 Å². The van der Waals surface area contributed by atoms with Crippen molar-refractivity contribution in [1.29, 1.82) is 0 Å². The second-order valence-electron chi connectivity index (χ2n) is 11.8.